The Kier molecular flexibility index (Phi) is 3.47. The molecule has 1 amide bonds. The third-order valence-electron chi connectivity index (χ3n) is 3.23. The van der Waals surface area contributed by atoms with Crippen LogP contribution in [-0.2, 0) is 4.79 Å². The molecule has 2 rings (SSSR count). The number of amides is 1. The molecule has 0 spiro atoms. The first-order chi connectivity index (χ1) is 8.47. The number of carbonyl (C=O) groups excluding carboxylic acids is 1. The summed E-state index contributed by atoms with van der Waals surface area (Å²) in [7, 11) is 1.91. The number of nitrogens with two attached hydrogens (primary N) is 1. The molecule has 1 aromatic rings. The summed E-state index contributed by atoms with van der Waals surface area (Å²) in [6.07, 6.45) is 0. The van der Waals surface area contributed by atoms with Gasteiger partial charge in [-0.05, 0) is 27.0 Å². The van der Waals surface area contributed by atoms with Crippen molar-refractivity contribution in [2.45, 2.75) is 19.9 Å². The molecular formula is C12H19N5O. The van der Waals surface area contributed by atoms with E-state index in [2.05, 4.69) is 9.97 Å². The molecule has 1 aromatic heterocycles. The van der Waals surface area contributed by atoms with Crippen LogP contribution in [-0.4, -0.2) is 53.5 Å². The molecule has 1 aliphatic heterocycles. The van der Waals surface area contributed by atoms with Crippen LogP contribution < -0.4 is 10.6 Å². The van der Waals surface area contributed by atoms with Crippen molar-refractivity contribution in [2.24, 2.45) is 5.73 Å². The number of likely N-dealkylation sites (N-methyl/N-ethyl adjacent to an activating group) is 1. The lowest BCUT2D eigenvalue weighted by Gasteiger charge is -2.37. The maximum absolute atomic E-state index is 11.4. The molecule has 0 aliphatic carbocycles. The zero-order valence-corrected chi connectivity index (χ0v) is 11.1. The molecule has 0 radical (unpaired) electrons. The first-order valence-corrected chi connectivity index (χ1v) is 6.04. The van der Waals surface area contributed by atoms with Crippen LogP contribution in [0.2, 0.25) is 0 Å². The minimum absolute atomic E-state index is 0.275. The number of primary amides is 1. The molecule has 1 aliphatic rings. The van der Waals surface area contributed by atoms with Crippen molar-refractivity contribution in [1.82, 2.24) is 14.9 Å². The average molecular weight is 249 g/mol. The predicted molar refractivity (Wildman–Crippen MR) is 69.3 cm³/mol. The topological polar surface area (TPSA) is 75.3 Å². The standard InChI is InChI=1S/C12H19N5O/c1-8-6-9(2)15-12(14-8)17-5-4-16(3)10(7-17)11(13)18/h6,10H,4-5,7H2,1-3H3,(H2,13,18)/t10-/m1/s1. The van der Waals surface area contributed by atoms with Crippen molar-refractivity contribution in [3.63, 3.8) is 0 Å². The molecular weight excluding hydrogens is 230 g/mol. The van der Waals surface area contributed by atoms with Crippen molar-refractivity contribution in [1.29, 1.82) is 0 Å². The molecule has 0 unspecified atom stereocenters. The third kappa shape index (κ3) is 2.59. The summed E-state index contributed by atoms with van der Waals surface area (Å²) in [4.78, 5) is 24.2. The molecule has 18 heavy (non-hydrogen) atoms. The molecule has 1 atom stereocenters. The van der Waals surface area contributed by atoms with Crippen molar-refractivity contribution in [2.75, 3.05) is 31.6 Å². The van der Waals surface area contributed by atoms with E-state index in [1.165, 1.54) is 0 Å². The van der Waals surface area contributed by atoms with E-state index in [-0.39, 0.29) is 11.9 Å². The fourth-order valence-electron chi connectivity index (χ4n) is 2.21. The van der Waals surface area contributed by atoms with E-state index in [1.807, 2.05) is 36.8 Å². The SMILES string of the molecule is Cc1cc(C)nc(N2CCN(C)[C@@H](C(N)=O)C2)n1. The second-order valence-electron chi connectivity index (χ2n) is 4.80. The number of aryl methyl sites for hydroxylation is 2. The van der Waals surface area contributed by atoms with Gasteiger partial charge in [0.25, 0.3) is 0 Å². The average Bonchev–Trinajstić information content (AvgIpc) is 2.27. The minimum atomic E-state index is -0.299. The van der Waals surface area contributed by atoms with Crippen LogP contribution in [0.15, 0.2) is 6.07 Å². The third-order valence-corrected chi connectivity index (χ3v) is 3.23. The summed E-state index contributed by atoms with van der Waals surface area (Å²) in [6, 6.07) is 1.66. The number of hydrogen-bond donors (Lipinski definition) is 1. The smallest absolute Gasteiger partial charge is 0.236 e. The van der Waals surface area contributed by atoms with E-state index >= 15 is 0 Å². The van der Waals surface area contributed by atoms with Crippen LogP contribution >= 0.6 is 0 Å². The Bertz CT molecular complexity index is 442. The monoisotopic (exact) mass is 249 g/mol. The Morgan fingerprint density at radius 1 is 1.33 bits per heavy atom. The lowest BCUT2D eigenvalue weighted by atomic mass is 10.2. The maximum Gasteiger partial charge on any atom is 0.236 e. The molecule has 0 bridgehead atoms. The first kappa shape index (κ1) is 12.8. The van der Waals surface area contributed by atoms with Gasteiger partial charge in [0.15, 0.2) is 0 Å². The fraction of sp³-hybridized carbons (Fsp3) is 0.583. The van der Waals surface area contributed by atoms with Gasteiger partial charge in [-0.3, -0.25) is 9.69 Å². The Morgan fingerprint density at radius 2 is 1.94 bits per heavy atom. The molecule has 6 heteroatoms. The van der Waals surface area contributed by atoms with Gasteiger partial charge in [0, 0.05) is 31.0 Å². The van der Waals surface area contributed by atoms with E-state index in [1.54, 1.807) is 0 Å². The van der Waals surface area contributed by atoms with Crippen LogP contribution in [0.3, 0.4) is 0 Å². The van der Waals surface area contributed by atoms with E-state index in [9.17, 15) is 4.79 Å². The van der Waals surface area contributed by atoms with Crippen molar-refractivity contribution >= 4 is 11.9 Å². The van der Waals surface area contributed by atoms with Gasteiger partial charge in [0.2, 0.25) is 11.9 Å². The van der Waals surface area contributed by atoms with Gasteiger partial charge in [-0.1, -0.05) is 0 Å². The highest BCUT2D eigenvalue weighted by molar-refractivity contribution is 5.80. The molecule has 2 heterocycles. The lowest BCUT2D eigenvalue weighted by Crippen LogP contribution is -2.57. The number of rotatable bonds is 2. The Morgan fingerprint density at radius 3 is 2.50 bits per heavy atom. The Balaban J connectivity index is 2.21. The zero-order valence-electron chi connectivity index (χ0n) is 11.1. The fourth-order valence-corrected chi connectivity index (χ4v) is 2.21. The van der Waals surface area contributed by atoms with E-state index in [0.29, 0.717) is 12.5 Å². The number of aromatic nitrogens is 2. The highest BCUT2D eigenvalue weighted by atomic mass is 16.1. The highest BCUT2D eigenvalue weighted by Crippen LogP contribution is 2.15. The molecule has 2 N–H and O–H groups in total. The summed E-state index contributed by atoms with van der Waals surface area (Å²) in [5.41, 5.74) is 7.28. The summed E-state index contributed by atoms with van der Waals surface area (Å²) in [5, 5.41) is 0. The molecule has 0 aromatic carbocycles. The minimum Gasteiger partial charge on any atom is -0.368 e. The summed E-state index contributed by atoms with van der Waals surface area (Å²) >= 11 is 0. The molecule has 1 saturated heterocycles. The zero-order chi connectivity index (χ0) is 13.3. The van der Waals surface area contributed by atoms with E-state index in [4.69, 9.17) is 5.73 Å². The van der Waals surface area contributed by atoms with Crippen LogP contribution in [0.4, 0.5) is 5.95 Å². The van der Waals surface area contributed by atoms with Gasteiger partial charge >= 0.3 is 0 Å². The maximum atomic E-state index is 11.4. The van der Waals surface area contributed by atoms with E-state index in [0.717, 1.165) is 24.5 Å². The Hall–Kier alpha value is -1.69. The number of hydrogen-bond acceptors (Lipinski definition) is 5. The number of carbonyl (C=O) groups is 1. The number of piperazine rings is 1. The van der Waals surface area contributed by atoms with Crippen LogP contribution in [0.1, 0.15) is 11.4 Å². The molecule has 0 saturated carbocycles. The number of nitrogens with zero attached hydrogens (tertiary/aromatic N) is 4. The Labute approximate surface area is 107 Å². The van der Waals surface area contributed by atoms with Crippen LogP contribution in [0, 0.1) is 13.8 Å². The largest absolute Gasteiger partial charge is 0.368 e. The second-order valence-corrected chi connectivity index (χ2v) is 4.80. The van der Waals surface area contributed by atoms with Gasteiger partial charge in [-0.2, -0.15) is 0 Å². The summed E-state index contributed by atoms with van der Waals surface area (Å²) in [6.45, 7) is 6.03. The summed E-state index contributed by atoms with van der Waals surface area (Å²) < 4.78 is 0. The van der Waals surface area contributed by atoms with Gasteiger partial charge in [0.1, 0.15) is 6.04 Å². The molecule has 98 valence electrons. The van der Waals surface area contributed by atoms with Crippen molar-refractivity contribution in [3.05, 3.63) is 17.5 Å². The number of anilines is 1. The van der Waals surface area contributed by atoms with Gasteiger partial charge < -0.3 is 10.6 Å². The summed E-state index contributed by atoms with van der Waals surface area (Å²) in [5.74, 6) is 0.387. The molecule has 6 nitrogen and oxygen atoms in total. The second kappa shape index (κ2) is 4.89. The first-order valence-electron chi connectivity index (χ1n) is 6.04. The van der Waals surface area contributed by atoms with Gasteiger partial charge in [0.05, 0.1) is 0 Å². The van der Waals surface area contributed by atoms with Gasteiger partial charge in [-0.15, -0.1) is 0 Å². The predicted octanol–water partition coefficient (Wildman–Crippen LogP) is -0.301. The lowest BCUT2D eigenvalue weighted by molar-refractivity contribution is -0.122. The molecule has 1 fully saturated rings. The highest BCUT2D eigenvalue weighted by Gasteiger charge is 2.29. The normalized spacial score (nSPS) is 21.1. The van der Waals surface area contributed by atoms with Crippen LogP contribution in [0.5, 0.6) is 0 Å². The van der Waals surface area contributed by atoms with Gasteiger partial charge in [-0.25, -0.2) is 9.97 Å². The van der Waals surface area contributed by atoms with Crippen molar-refractivity contribution in [3.8, 4) is 0 Å². The quantitative estimate of drug-likeness (QED) is 0.779. The van der Waals surface area contributed by atoms with Crippen molar-refractivity contribution < 1.29 is 4.79 Å². The van der Waals surface area contributed by atoms with Crippen LogP contribution in [0.25, 0.3) is 0 Å². The van der Waals surface area contributed by atoms with E-state index < -0.39 is 0 Å².